The topological polar surface area (TPSA) is 120 Å². The number of amidine groups is 1. The fourth-order valence-electron chi connectivity index (χ4n) is 3.05. The molecule has 1 atom stereocenters. The Morgan fingerprint density at radius 1 is 1.21 bits per heavy atom. The number of aliphatic hydroxyl groups excluding tert-OH is 1. The maximum Gasteiger partial charge on any atom is 0.344 e. The molecule has 9 heteroatoms. The van der Waals surface area contributed by atoms with E-state index in [0.717, 1.165) is 0 Å². The zero-order valence-corrected chi connectivity index (χ0v) is 19.4. The van der Waals surface area contributed by atoms with Gasteiger partial charge in [0.1, 0.15) is 29.1 Å². The van der Waals surface area contributed by atoms with Crippen molar-refractivity contribution in [3.8, 4) is 5.75 Å². The van der Waals surface area contributed by atoms with Crippen LogP contribution in [0.5, 0.6) is 5.75 Å². The summed E-state index contributed by atoms with van der Waals surface area (Å²) >= 11 is 0. The van der Waals surface area contributed by atoms with Crippen LogP contribution >= 0.6 is 0 Å². The quantitative estimate of drug-likeness (QED) is 0.305. The van der Waals surface area contributed by atoms with Gasteiger partial charge in [0.25, 0.3) is 0 Å². The van der Waals surface area contributed by atoms with E-state index in [9.17, 15) is 14.3 Å². The Balaban J connectivity index is 2.00. The van der Waals surface area contributed by atoms with Crippen LogP contribution in [0.2, 0.25) is 0 Å². The number of halogens is 1. The summed E-state index contributed by atoms with van der Waals surface area (Å²) in [6.07, 6.45) is 2.12. The molecule has 0 amide bonds. The Morgan fingerprint density at radius 2 is 1.91 bits per heavy atom. The number of nitrogens with zero attached hydrogens (tertiary/aromatic N) is 3. The Kier molecular flexibility index (Phi) is 7.57. The molecule has 8 nitrogen and oxygen atoms in total. The van der Waals surface area contributed by atoms with Crippen LogP contribution < -0.4 is 10.5 Å². The number of benzene rings is 2. The molecule has 0 aliphatic rings. The molecule has 1 unspecified atom stereocenters. The zero-order chi connectivity index (χ0) is 24.9. The SMILES string of the molecule is CC=CC(N)=Nc1nc(C(O)c2ccc(F)cc2)nc2cc(OCC(=O)OC(C)(C)C)ccc12. The summed E-state index contributed by atoms with van der Waals surface area (Å²) < 4.78 is 24.1. The molecule has 0 aliphatic carbocycles. The number of aromatic nitrogens is 2. The molecule has 1 heterocycles. The van der Waals surface area contributed by atoms with Crippen LogP contribution in [0.3, 0.4) is 0 Å². The van der Waals surface area contributed by atoms with Crippen molar-refractivity contribution in [3.05, 3.63) is 71.8 Å². The van der Waals surface area contributed by atoms with Gasteiger partial charge in [-0.3, -0.25) is 0 Å². The van der Waals surface area contributed by atoms with Crippen molar-refractivity contribution in [2.24, 2.45) is 10.7 Å². The minimum atomic E-state index is -1.23. The maximum absolute atomic E-state index is 13.3. The summed E-state index contributed by atoms with van der Waals surface area (Å²) in [4.78, 5) is 25.2. The minimum Gasteiger partial charge on any atom is -0.482 e. The molecule has 0 saturated carbocycles. The molecule has 0 bridgehead atoms. The van der Waals surface area contributed by atoms with Crippen molar-refractivity contribution < 1.29 is 23.8 Å². The van der Waals surface area contributed by atoms with Gasteiger partial charge >= 0.3 is 5.97 Å². The summed E-state index contributed by atoms with van der Waals surface area (Å²) in [5.41, 5.74) is 6.15. The normalized spacial score (nSPS) is 13.3. The second-order valence-electron chi connectivity index (χ2n) is 8.45. The zero-order valence-electron chi connectivity index (χ0n) is 19.4. The molecule has 178 valence electrons. The Bertz CT molecular complexity index is 1230. The lowest BCUT2D eigenvalue weighted by Gasteiger charge is -2.19. The fraction of sp³-hybridized carbons (Fsp3) is 0.280. The minimum absolute atomic E-state index is 0.0513. The van der Waals surface area contributed by atoms with E-state index >= 15 is 0 Å². The number of esters is 1. The van der Waals surface area contributed by atoms with Gasteiger partial charge < -0.3 is 20.3 Å². The first kappa shape index (κ1) is 24.8. The highest BCUT2D eigenvalue weighted by Crippen LogP contribution is 2.30. The average Bonchev–Trinajstić information content (AvgIpc) is 2.76. The summed E-state index contributed by atoms with van der Waals surface area (Å²) in [5, 5.41) is 11.4. The number of nitrogens with two attached hydrogens (primary N) is 1. The van der Waals surface area contributed by atoms with Crippen molar-refractivity contribution in [2.45, 2.75) is 39.4 Å². The van der Waals surface area contributed by atoms with E-state index < -0.39 is 23.5 Å². The van der Waals surface area contributed by atoms with E-state index in [0.29, 0.717) is 22.2 Å². The van der Waals surface area contributed by atoms with Gasteiger partial charge in [-0.15, -0.1) is 0 Å². The molecule has 0 spiro atoms. The molecule has 2 aromatic carbocycles. The van der Waals surface area contributed by atoms with Crippen LogP contribution in [0.4, 0.5) is 10.2 Å². The van der Waals surface area contributed by atoms with Gasteiger partial charge in [-0.1, -0.05) is 18.2 Å². The molecule has 34 heavy (non-hydrogen) atoms. The van der Waals surface area contributed by atoms with E-state index in [1.54, 1.807) is 58.0 Å². The van der Waals surface area contributed by atoms with Crippen LogP contribution in [0, 0.1) is 5.82 Å². The van der Waals surface area contributed by atoms with E-state index in [2.05, 4.69) is 15.0 Å². The number of rotatable bonds is 7. The van der Waals surface area contributed by atoms with Crippen molar-refractivity contribution in [3.63, 3.8) is 0 Å². The summed E-state index contributed by atoms with van der Waals surface area (Å²) in [6.45, 7) is 6.84. The summed E-state index contributed by atoms with van der Waals surface area (Å²) in [6, 6.07) is 10.3. The van der Waals surface area contributed by atoms with Crippen molar-refractivity contribution >= 4 is 28.5 Å². The summed E-state index contributed by atoms with van der Waals surface area (Å²) in [7, 11) is 0. The average molecular weight is 467 g/mol. The molecule has 0 fully saturated rings. The maximum atomic E-state index is 13.3. The molecular formula is C25H27FN4O4. The van der Waals surface area contributed by atoms with Gasteiger partial charge in [0.05, 0.1) is 5.52 Å². The molecule has 0 radical (unpaired) electrons. The molecule has 3 rings (SSSR count). The Labute approximate surface area is 197 Å². The highest BCUT2D eigenvalue weighted by Gasteiger charge is 2.19. The lowest BCUT2D eigenvalue weighted by Crippen LogP contribution is -2.27. The monoisotopic (exact) mass is 466 g/mol. The molecule has 1 aromatic heterocycles. The number of hydrogen-bond donors (Lipinski definition) is 2. The van der Waals surface area contributed by atoms with E-state index in [1.807, 2.05) is 0 Å². The molecule has 3 aromatic rings. The predicted octanol–water partition coefficient (Wildman–Crippen LogP) is 4.14. The number of aliphatic hydroxyl groups is 1. The number of carbonyl (C=O) groups is 1. The predicted molar refractivity (Wildman–Crippen MR) is 127 cm³/mol. The number of hydrogen-bond acceptors (Lipinski definition) is 7. The van der Waals surface area contributed by atoms with Gasteiger partial charge in [0.2, 0.25) is 0 Å². The van der Waals surface area contributed by atoms with Gasteiger partial charge in [-0.05, 0) is 63.6 Å². The molecule has 3 N–H and O–H groups in total. The second kappa shape index (κ2) is 10.4. The van der Waals surface area contributed by atoms with Gasteiger partial charge in [0, 0.05) is 11.5 Å². The molecular weight excluding hydrogens is 439 g/mol. The van der Waals surface area contributed by atoms with Crippen LogP contribution in [-0.2, 0) is 9.53 Å². The first-order valence-electron chi connectivity index (χ1n) is 10.6. The Hall–Kier alpha value is -3.85. The Morgan fingerprint density at radius 3 is 2.56 bits per heavy atom. The number of allylic oxidation sites excluding steroid dienone is 1. The number of carbonyl (C=O) groups excluding carboxylic acids is 1. The van der Waals surface area contributed by atoms with Crippen molar-refractivity contribution in [2.75, 3.05) is 6.61 Å². The van der Waals surface area contributed by atoms with Gasteiger partial charge in [0.15, 0.2) is 18.2 Å². The second-order valence-corrected chi connectivity index (χ2v) is 8.45. The largest absolute Gasteiger partial charge is 0.482 e. The van der Waals surface area contributed by atoms with E-state index in [1.165, 1.54) is 24.3 Å². The van der Waals surface area contributed by atoms with Crippen LogP contribution in [0.25, 0.3) is 10.9 Å². The van der Waals surface area contributed by atoms with Crippen LogP contribution in [-0.4, -0.2) is 39.1 Å². The number of aliphatic imine (C=N–C) groups is 1. The smallest absolute Gasteiger partial charge is 0.344 e. The highest BCUT2D eigenvalue weighted by molar-refractivity contribution is 5.97. The van der Waals surface area contributed by atoms with Crippen molar-refractivity contribution in [1.29, 1.82) is 0 Å². The van der Waals surface area contributed by atoms with E-state index in [-0.39, 0.29) is 24.1 Å². The molecule has 0 saturated heterocycles. The lowest BCUT2D eigenvalue weighted by atomic mass is 10.1. The third-order valence-electron chi connectivity index (χ3n) is 4.45. The molecule has 0 aliphatic heterocycles. The number of fused-ring (bicyclic) bond motifs is 1. The van der Waals surface area contributed by atoms with Crippen molar-refractivity contribution in [1.82, 2.24) is 9.97 Å². The van der Waals surface area contributed by atoms with Gasteiger partial charge in [-0.25, -0.2) is 24.1 Å². The van der Waals surface area contributed by atoms with Crippen LogP contribution in [0.1, 0.15) is 45.2 Å². The highest BCUT2D eigenvalue weighted by atomic mass is 19.1. The first-order chi connectivity index (χ1) is 16.1. The van der Waals surface area contributed by atoms with Crippen LogP contribution in [0.15, 0.2) is 59.6 Å². The fourth-order valence-corrected chi connectivity index (χ4v) is 3.05. The lowest BCUT2D eigenvalue weighted by molar-refractivity contribution is -0.157. The van der Waals surface area contributed by atoms with E-state index in [4.69, 9.17) is 15.2 Å². The number of ether oxygens (including phenoxy) is 2. The third-order valence-corrected chi connectivity index (χ3v) is 4.45. The third kappa shape index (κ3) is 6.58. The standard InChI is InChI=1S/C25H27FN4O4/c1-5-6-20(27)29-23-18-12-11-17(33-14-21(31)34-25(2,3)4)13-19(18)28-24(30-23)22(32)15-7-9-16(26)10-8-15/h5-13,22,32H,14H2,1-4H3,(H2,27,28,29,30). The first-order valence-corrected chi connectivity index (χ1v) is 10.6. The summed E-state index contributed by atoms with van der Waals surface area (Å²) in [5.74, 6) is -0.0461. The van der Waals surface area contributed by atoms with Gasteiger partial charge in [-0.2, -0.15) is 0 Å².